The summed E-state index contributed by atoms with van der Waals surface area (Å²) in [5.74, 6) is -0.198. The number of amides is 2. The second-order valence-electron chi connectivity index (χ2n) is 4.81. The number of aromatic nitrogens is 1. The van der Waals surface area contributed by atoms with Crippen LogP contribution in [0.3, 0.4) is 0 Å². The Kier molecular flexibility index (Phi) is 5.26. The van der Waals surface area contributed by atoms with Gasteiger partial charge in [-0.25, -0.2) is 9.78 Å². The fourth-order valence-corrected chi connectivity index (χ4v) is 2.23. The first-order valence-corrected chi connectivity index (χ1v) is 6.67. The minimum Gasteiger partial charge on any atom is -0.417 e. The van der Waals surface area contributed by atoms with Gasteiger partial charge in [0.2, 0.25) is 5.88 Å². The van der Waals surface area contributed by atoms with Crippen LogP contribution < -0.4 is 15.4 Å². The van der Waals surface area contributed by atoms with Crippen molar-refractivity contribution in [3.8, 4) is 5.88 Å². The molecule has 0 saturated heterocycles. The van der Waals surface area contributed by atoms with Crippen LogP contribution in [0.4, 0.5) is 13.6 Å². The first kappa shape index (κ1) is 15.4. The zero-order chi connectivity index (χ0) is 15.2. The molecule has 1 aliphatic carbocycles. The predicted octanol–water partition coefficient (Wildman–Crippen LogP) is 1.40. The second kappa shape index (κ2) is 7.16. The van der Waals surface area contributed by atoms with Gasteiger partial charge in [-0.05, 0) is 30.9 Å². The number of alkyl halides is 2. The zero-order valence-electron chi connectivity index (χ0n) is 11.3. The molecule has 3 N–H and O–H groups in total. The SMILES string of the molecule is O=C(NCc1ccnc(OC(F)F)c1)N[C@H]1CCC[C@H]1O. The maximum atomic E-state index is 12.1. The first-order chi connectivity index (χ1) is 10.0. The number of urea groups is 1. The van der Waals surface area contributed by atoms with Gasteiger partial charge < -0.3 is 20.5 Å². The molecule has 1 fully saturated rings. The number of pyridine rings is 1. The van der Waals surface area contributed by atoms with E-state index in [1.165, 1.54) is 12.3 Å². The Hall–Kier alpha value is -1.96. The van der Waals surface area contributed by atoms with E-state index in [9.17, 15) is 18.7 Å². The van der Waals surface area contributed by atoms with E-state index in [0.717, 1.165) is 12.8 Å². The Bertz CT molecular complexity index is 487. The molecule has 0 spiro atoms. The number of hydrogen-bond donors (Lipinski definition) is 3. The van der Waals surface area contributed by atoms with Crippen molar-refractivity contribution >= 4 is 6.03 Å². The summed E-state index contributed by atoms with van der Waals surface area (Å²) in [4.78, 5) is 15.3. The summed E-state index contributed by atoms with van der Waals surface area (Å²) in [6.07, 6.45) is 3.13. The van der Waals surface area contributed by atoms with Gasteiger partial charge >= 0.3 is 12.6 Å². The summed E-state index contributed by atoms with van der Waals surface area (Å²) in [6.45, 7) is -2.79. The third-order valence-corrected chi connectivity index (χ3v) is 3.26. The van der Waals surface area contributed by atoms with Crippen LogP contribution in [0.25, 0.3) is 0 Å². The van der Waals surface area contributed by atoms with Crippen LogP contribution in [0.15, 0.2) is 18.3 Å². The molecule has 6 nitrogen and oxygen atoms in total. The molecule has 0 bridgehead atoms. The van der Waals surface area contributed by atoms with Gasteiger partial charge in [-0.3, -0.25) is 0 Å². The van der Waals surface area contributed by atoms with Crippen LogP contribution in [0, 0.1) is 0 Å². The van der Waals surface area contributed by atoms with E-state index in [4.69, 9.17) is 0 Å². The number of carbonyl (C=O) groups is 1. The number of nitrogens with one attached hydrogen (secondary N) is 2. The number of rotatable bonds is 5. The van der Waals surface area contributed by atoms with E-state index < -0.39 is 18.7 Å². The third kappa shape index (κ3) is 4.82. The molecule has 21 heavy (non-hydrogen) atoms. The monoisotopic (exact) mass is 301 g/mol. The largest absolute Gasteiger partial charge is 0.417 e. The summed E-state index contributed by atoms with van der Waals surface area (Å²) in [5.41, 5.74) is 0.586. The predicted molar refractivity (Wildman–Crippen MR) is 69.9 cm³/mol. The van der Waals surface area contributed by atoms with Crippen molar-refractivity contribution in [2.75, 3.05) is 0 Å². The Morgan fingerprint density at radius 2 is 2.33 bits per heavy atom. The quantitative estimate of drug-likeness (QED) is 0.767. The number of nitrogens with zero attached hydrogens (tertiary/aromatic N) is 1. The fourth-order valence-electron chi connectivity index (χ4n) is 2.23. The first-order valence-electron chi connectivity index (χ1n) is 6.67. The molecule has 2 rings (SSSR count). The molecule has 2 atom stereocenters. The van der Waals surface area contributed by atoms with E-state index >= 15 is 0 Å². The summed E-state index contributed by atoms with van der Waals surface area (Å²) in [5, 5.41) is 14.9. The van der Waals surface area contributed by atoms with Gasteiger partial charge in [0.15, 0.2) is 0 Å². The fraction of sp³-hybridized carbons (Fsp3) is 0.538. The Balaban J connectivity index is 1.80. The van der Waals surface area contributed by atoms with Crippen LogP contribution in [0.2, 0.25) is 0 Å². The molecule has 116 valence electrons. The number of aliphatic hydroxyl groups excluding tert-OH is 1. The van der Waals surface area contributed by atoms with Crippen molar-refractivity contribution in [1.29, 1.82) is 0 Å². The molecule has 8 heteroatoms. The van der Waals surface area contributed by atoms with Crippen LogP contribution in [0.1, 0.15) is 24.8 Å². The summed E-state index contributed by atoms with van der Waals surface area (Å²) >= 11 is 0. The maximum absolute atomic E-state index is 12.1. The molecular formula is C13H17F2N3O3. The highest BCUT2D eigenvalue weighted by Crippen LogP contribution is 2.18. The summed E-state index contributed by atoms with van der Waals surface area (Å²) in [7, 11) is 0. The molecule has 0 unspecified atom stereocenters. The zero-order valence-corrected chi connectivity index (χ0v) is 11.3. The van der Waals surface area contributed by atoms with Gasteiger partial charge in [0, 0.05) is 18.8 Å². The smallest absolute Gasteiger partial charge is 0.388 e. The highest BCUT2D eigenvalue weighted by atomic mass is 19.3. The van der Waals surface area contributed by atoms with E-state index in [1.807, 2.05) is 0 Å². The molecule has 1 aliphatic rings. The van der Waals surface area contributed by atoms with Crippen molar-refractivity contribution in [2.45, 2.75) is 44.6 Å². The van der Waals surface area contributed by atoms with E-state index in [2.05, 4.69) is 20.4 Å². The Labute approximate surface area is 120 Å². The number of aliphatic hydroxyl groups is 1. The van der Waals surface area contributed by atoms with Crippen molar-refractivity contribution in [3.05, 3.63) is 23.9 Å². The molecular weight excluding hydrogens is 284 g/mol. The van der Waals surface area contributed by atoms with Gasteiger partial charge in [0.05, 0.1) is 12.1 Å². The highest BCUT2D eigenvalue weighted by Gasteiger charge is 2.26. The molecule has 0 radical (unpaired) electrons. The van der Waals surface area contributed by atoms with Crippen molar-refractivity contribution in [3.63, 3.8) is 0 Å². The number of carbonyl (C=O) groups excluding carboxylic acids is 1. The van der Waals surface area contributed by atoms with Crippen molar-refractivity contribution < 1.29 is 23.4 Å². The summed E-state index contributed by atoms with van der Waals surface area (Å²) < 4.78 is 28.3. The standard InChI is InChI=1S/C13H17F2N3O3/c14-12(15)21-11-6-8(4-5-16-11)7-17-13(20)18-9-2-1-3-10(9)19/h4-6,9-10,12,19H,1-3,7H2,(H2,17,18,20)/t9-,10+/m0/s1. The topological polar surface area (TPSA) is 83.5 Å². The van der Waals surface area contributed by atoms with Crippen LogP contribution >= 0.6 is 0 Å². The molecule has 0 aromatic carbocycles. The average Bonchev–Trinajstić information content (AvgIpc) is 2.82. The minimum atomic E-state index is -2.94. The lowest BCUT2D eigenvalue weighted by Gasteiger charge is -2.17. The highest BCUT2D eigenvalue weighted by molar-refractivity contribution is 5.74. The minimum absolute atomic E-state index is 0.150. The van der Waals surface area contributed by atoms with E-state index in [0.29, 0.717) is 12.0 Å². The van der Waals surface area contributed by atoms with Gasteiger partial charge in [-0.1, -0.05) is 0 Å². The molecule has 1 aromatic rings. The third-order valence-electron chi connectivity index (χ3n) is 3.26. The molecule has 2 amide bonds. The lowest BCUT2D eigenvalue weighted by atomic mass is 10.2. The molecule has 1 heterocycles. The van der Waals surface area contributed by atoms with Gasteiger partial charge in [0.25, 0.3) is 0 Å². The van der Waals surface area contributed by atoms with Gasteiger partial charge in [0.1, 0.15) is 0 Å². The molecule has 0 aliphatic heterocycles. The summed E-state index contributed by atoms with van der Waals surface area (Å²) in [6, 6.07) is 2.27. The van der Waals surface area contributed by atoms with Crippen LogP contribution in [-0.4, -0.2) is 34.9 Å². The van der Waals surface area contributed by atoms with Crippen LogP contribution in [-0.2, 0) is 6.54 Å². The second-order valence-corrected chi connectivity index (χ2v) is 4.81. The Morgan fingerprint density at radius 3 is 3.00 bits per heavy atom. The lowest BCUT2D eigenvalue weighted by Crippen LogP contribution is -2.45. The maximum Gasteiger partial charge on any atom is 0.388 e. The normalized spacial score (nSPS) is 21.3. The molecule has 1 aromatic heterocycles. The molecule has 1 saturated carbocycles. The van der Waals surface area contributed by atoms with Crippen molar-refractivity contribution in [1.82, 2.24) is 15.6 Å². The van der Waals surface area contributed by atoms with Gasteiger partial charge in [-0.2, -0.15) is 8.78 Å². The number of hydrogen-bond acceptors (Lipinski definition) is 4. The van der Waals surface area contributed by atoms with Gasteiger partial charge in [-0.15, -0.1) is 0 Å². The number of ether oxygens (including phenoxy) is 1. The Morgan fingerprint density at radius 1 is 1.52 bits per heavy atom. The average molecular weight is 301 g/mol. The van der Waals surface area contributed by atoms with E-state index in [-0.39, 0.29) is 18.5 Å². The lowest BCUT2D eigenvalue weighted by molar-refractivity contribution is -0.0529. The number of halogens is 2. The van der Waals surface area contributed by atoms with E-state index in [1.54, 1.807) is 6.07 Å². The van der Waals surface area contributed by atoms with Crippen molar-refractivity contribution in [2.24, 2.45) is 0 Å². The van der Waals surface area contributed by atoms with Crippen LogP contribution in [0.5, 0.6) is 5.88 Å².